The summed E-state index contributed by atoms with van der Waals surface area (Å²) in [6, 6.07) is 5.99. The van der Waals surface area contributed by atoms with Gasteiger partial charge in [0, 0.05) is 12.6 Å². The summed E-state index contributed by atoms with van der Waals surface area (Å²) in [5, 5.41) is 9.11. The second-order valence-electron chi connectivity index (χ2n) is 7.95. The number of nitrogens with two attached hydrogens (primary N) is 1. The lowest BCUT2D eigenvalue weighted by molar-refractivity contribution is -0.137. The molecule has 2 rings (SSSR count). The Morgan fingerprint density at radius 2 is 1.93 bits per heavy atom. The van der Waals surface area contributed by atoms with Crippen molar-refractivity contribution in [3.05, 3.63) is 23.8 Å². The van der Waals surface area contributed by atoms with E-state index in [2.05, 4.69) is 18.7 Å². The maximum atomic E-state index is 11.8. The number of carboxylic acid groups (broad SMARTS) is 1. The zero-order valence-corrected chi connectivity index (χ0v) is 17.3. The molecule has 1 aromatic carbocycles. The lowest BCUT2D eigenvalue weighted by Gasteiger charge is -2.38. The maximum absolute atomic E-state index is 11.8. The number of hydrogen-bond donors (Lipinski definition) is 2. The number of aliphatic carboxylic acids is 1. The zero-order valence-electron chi connectivity index (χ0n) is 16.5. The Kier molecular flexibility index (Phi) is 7.14. The molecule has 1 heterocycles. The normalized spacial score (nSPS) is 18.4. The molecule has 1 aromatic rings. The average molecular weight is 397 g/mol. The Morgan fingerprint density at radius 1 is 1.30 bits per heavy atom. The monoisotopic (exact) mass is 396 g/mol. The van der Waals surface area contributed by atoms with Gasteiger partial charge in [-0.25, -0.2) is 8.42 Å². The Bertz CT molecular complexity index is 747. The van der Waals surface area contributed by atoms with Gasteiger partial charge in [-0.1, -0.05) is 26.8 Å². The minimum Gasteiger partial charge on any atom is -0.481 e. The summed E-state index contributed by atoms with van der Waals surface area (Å²) in [5.41, 5.74) is 8.86. The zero-order chi connectivity index (χ0) is 20.2. The lowest BCUT2D eigenvalue weighted by Crippen LogP contribution is -2.43. The van der Waals surface area contributed by atoms with Crippen molar-refractivity contribution in [2.24, 2.45) is 5.92 Å². The minimum atomic E-state index is -2.92. The predicted molar refractivity (Wildman–Crippen MR) is 110 cm³/mol. The van der Waals surface area contributed by atoms with Gasteiger partial charge in [-0.05, 0) is 48.8 Å². The summed E-state index contributed by atoms with van der Waals surface area (Å²) < 4.78 is 23.6. The lowest BCUT2D eigenvalue weighted by atomic mass is 9.92. The standard InChI is InChI=1S/C20H32N2O4S/c1-4-15(12-20(23)24)16-5-6-19(18(21)11-16)22(13-14(2)3)17-7-9-27(25,26)10-8-17/h5-6,11,14-15,17H,4,7-10,12-13,21H2,1-3H3,(H,23,24). The molecule has 1 unspecified atom stereocenters. The Hall–Kier alpha value is -1.76. The fourth-order valence-electron chi connectivity index (χ4n) is 3.82. The van der Waals surface area contributed by atoms with Crippen molar-refractivity contribution in [3.63, 3.8) is 0 Å². The first kappa shape index (κ1) is 21.5. The van der Waals surface area contributed by atoms with Crippen molar-refractivity contribution in [2.45, 2.75) is 58.4 Å². The first-order chi connectivity index (χ1) is 12.6. The number of hydrogen-bond acceptors (Lipinski definition) is 5. The number of carboxylic acids is 1. The number of sulfone groups is 1. The number of carbonyl (C=O) groups is 1. The van der Waals surface area contributed by atoms with Crippen LogP contribution in [0.25, 0.3) is 0 Å². The molecule has 1 fully saturated rings. The third-order valence-corrected chi connectivity index (χ3v) is 6.99. The van der Waals surface area contributed by atoms with Gasteiger partial charge in [0.05, 0.1) is 29.3 Å². The molecule has 27 heavy (non-hydrogen) atoms. The molecule has 1 saturated heterocycles. The quantitative estimate of drug-likeness (QED) is 0.654. The van der Waals surface area contributed by atoms with Crippen LogP contribution in [0.1, 0.15) is 57.9 Å². The summed E-state index contributed by atoms with van der Waals surface area (Å²) in [6.45, 7) is 7.06. The number of nitrogens with zero attached hydrogens (tertiary/aromatic N) is 1. The minimum absolute atomic E-state index is 0.0581. The molecule has 1 aliphatic rings. The van der Waals surface area contributed by atoms with E-state index in [1.807, 2.05) is 25.1 Å². The van der Waals surface area contributed by atoms with E-state index in [1.165, 1.54) is 0 Å². The van der Waals surface area contributed by atoms with E-state index < -0.39 is 15.8 Å². The van der Waals surface area contributed by atoms with Crippen LogP contribution in [0.2, 0.25) is 0 Å². The Morgan fingerprint density at radius 3 is 2.41 bits per heavy atom. The van der Waals surface area contributed by atoms with E-state index >= 15 is 0 Å². The molecular formula is C20H32N2O4S. The smallest absolute Gasteiger partial charge is 0.303 e. The van der Waals surface area contributed by atoms with Crippen LogP contribution in [-0.4, -0.2) is 43.6 Å². The van der Waals surface area contributed by atoms with E-state index in [4.69, 9.17) is 10.8 Å². The molecule has 3 N–H and O–H groups in total. The van der Waals surface area contributed by atoms with Crippen LogP contribution in [0, 0.1) is 5.92 Å². The van der Waals surface area contributed by atoms with E-state index in [-0.39, 0.29) is 29.9 Å². The molecule has 7 heteroatoms. The van der Waals surface area contributed by atoms with Gasteiger partial charge in [0.1, 0.15) is 9.84 Å². The summed E-state index contributed by atoms with van der Waals surface area (Å²) >= 11 is 0. The van der Waals surface area contributed by atoms with Gasteiger partial charge in [-0.15, -0.1) is 0 Å². The largest absolute Gasteiger partial charge is 0.481 e. The summed E-state index contributed by atoms with van der Waals surface area (Å²) in [7, 11) is -2.92. The van der Waals surface area contributed by atoms with Gasteiger partial charge in [0.2, 0.25) is 0 Å². The Labute approximate surface area is 162 Å². The average Bonchev–Trinajstić information content (AvgIpc) is 2.57. The topological polar surface area (TPSA) is 101 Å². The first-order valence-electron chi connectivity index (χ1n) is 9.71. The highest BCUT2D eigenvalue weighted by Gasteiger charge is 2.29. The molecule has 0 aliphatic carbocycles. The molecule has 1 aliphatic heterocycles. The van der Waals surface area contributed by atoms with Crippen LogP contribution >= 0.6 is 0 Å². The number of anilines is 2. The molecule has 6 nitrogen and oxygen atoms in total. The van der Waals surface area contributed by atoms with E-state index in [9.17, 15) is 13.2 Å². The van der Waals surface area contributed by atoms with Crippen LogP contribution in [0.3, 0.4) is 0 Å². The molecule has 0 spiro atoms. The van der Waals surface area contributed by atoms with Crippen molar-refractivity contribution in [3.8, 4) is 0 Å². The van der Waals surface area contributed by atoms with E-state index in [0.29, 0.717) is 24.4 Å². The number of rotatable bonds is 8. The first-order valence-corrected chi connectivity index (χ1v) is 11.5. The van der Waals surface area contributed by atoms with Crippen molar-refractivity contribution in [1.29, 1.82) is 0 Å². The summed E-state index contributed by atoms with van der Waals surface area (Å²) in [4.78, 5) is 13.3. The van der Waals surface area contributed by atoms with E-state index in [1.54, 1.807) is 0 Å². The van der Waals surface area contributed by atoms with Gasteiger partial charge in [0.15, 0.2) is 0 Å². The van der Waals surface area contributed by atoms with Gasteiger partial charge in [0.25, 0.3) is 0 Å². The maximum Gasteiger partial charge on any atom is 0.303 e. The van der Waals surface area contributed by atoms with Gasteiger partial charge < -0.3 is 15.7 Å². The number of benzene rings is 1. The highest BCUT2D eigenvalue weighted by Crippen LogP contribution is 2.34. The molecule has 0 saturated carbocycles. The molecule has 0 radical (unpaired) electrons. The molecule has 1 atom stereocenters. The second-order valence-corrected chi connectivity index (χ2v) is 10.3. The molecule has 0 amide bonds. The Balaban J connectivity index is 2.29. The summed E-state index contributed by atoms with van der Waals surface area (Å²) in [5.74, 6) is -0.00812. The molecule has 152 valence electrons. The third-order valence-electron chi connectivity index (χ3n) is 5.27. The predicted octanol–water partition coefficient (Wildman–Crippen LogP) is 3.28. The van der Waals surface area contributed by atoms with Crippen molar-refractivity contribution in [2.75, 3.05) is 28.7 Å². The van der Waals surface area contributed by atoms with Crippen LogP contribution in [0.4, 0.5) is 11.4 Å². The molecule has 0 bridgehead atoms. The van der Waals surface area contributed by atoms with Gasteiger partial charge in [-0.2, -0.15) is 0 Å². The van der Waals surface area contributed by atoms with Gasteiger partial charge >= 0.3 is 5.97 Å². The number of nitrogen functional groups attached to an aromatic ring is 1. The van der Waals surface area contributed by atoms with Crippen LogP contribution in [-0.2, 0) is 14.6 Å². The van der Waals surface area contributed by atoms with Crippen LogP contribution in [0.5, 0.6) is 0 Å². The van der Waals surface area contributed by atoms with E-state index in [0.717, 1.165) is 24.2 Å². The highest BCUT2D eigenvalue weighted by atomic mass is 32.2. The molecule has 0 aromatic heterocycles. The molecular weight excluding hydrogens is 364 g/mol. The van der Waals surface area contributed by atoms with Crippen molar-refractivity contribution in [1.82, 2.24) is 0 Å². The van der Waals surface area contributed by atoms with Crippen molar-refractivity contribution >= 4 is 27.2 Å². The van der Waals surface area contributed by atoms with Crippen LogP contribution in [0.15, 0.2) is 18.2 Å². The SMILES string of the molecule is CCC(CC(=O)O)c1ccc(N(CC(C)C)C2CCS(=O)(=O)CC2)c(N)c1. The third kappa shape index (κ3) is 5.86. The van der Waals surface area contributed by atoms with Crippen molar-refractivity contribution < 1.29 is 18.3 Å². The second kappa shape index (κ2) is 8.95. The van der Waals surface area contributed by atoms with Gasteiger partial charge in [-0.3, -0.25) is 4.79 Å². The summed E-state index contributed by atoms with van der Waals surface area (Å²) in [6.07, 6.45) is 2.06. The fourth-order valence-corrected chi connectivity index (χ4v) is 5.29. The van der Waals surface area contributed by atoms with Crippen LogP contribution < -0.4 is 10.6 Å². The highest BCUT2D eigenvalue weighted by molar-refractivity contribution is 7.91. The fraction of sp³-hybridized carbons (Fsp3) is 0.650.